The van der Waals surface area contributed by atoms with Crippen LogP contribution in [0.2, 0.25) is 0 Å². The Bertz CT molecular complexity index is 527. The quantitative estimate of drug-likeness (QED) is 0.891. The molecule has 0 radical (unpaired) electrons. The first-order valence-corrected chi connectivity index (χ1v) is 5.25. The van der Waals surface area contributed by atoms with Crippen LogP contribution in [-0.4, -0.2) is 17.3 Å². The van der Waals surface area contributed by atoms with E-state index in [1.54, 1.807) is 12.1 Å². The molecule has 0 saturated carbocycles. The molecule has 0 spiro atoms. The number of nitrogens with one attached hydrogen (secondary N) is 1. The number of rotatable bonds is 2. The molecule has 4 nitrogen and oxygen atoms in total. The van der Waals surface area contributed by atoms with Gasteiger partial charge in [-0.25, -0.2) is 4.39 Å². The molecule has 0 saturated heterocycles. The van der Waals surface area contributed by atoms with E-state index in [-0.39, 0.29) is 5.75 Å². The molecule has 0 atom stereocenters. The molecule has 1 aromatic heterocycles. The molecule has 2 aromatic rings. The van der Waals surface area contributed by atoms with Gasteiger partial charge in [0.15, 0.2) is 11.6 Å². The van der Waals surface area contributed by atoms with Crippen molar-refractivity contribution in [2.75, 3.05) is 12.8 Å². The van der Waals surface area contributed by atoms with Crippen molar-refractivity contribution in [1.29, 1.82) is 0 Å². The molecular formula is C10H9BrFN3O. The summed E-state index contributed by atoms with van der Waals surface area (Å²) in [6.07, 6.45) is 1.47. The average Bonchev–Trinajstić information content (AvgIpc) is 2.66. The molecule has 0 aliphatic heterocycles. The van der Waals surface area contributed by atoms with Crippen molar-refractivity contribution in [1.82, 2.24) is 10.2 Å². The van der Waals surface area contributed by atoms with Gasteiger partial charge in [0.2, 0.25) is 0 Å². The molecule has 2 rings (SSSR count). The molecule has 0 unspecified atom stereocenters. The van der Waals surface area contributed by atoms with E-state index in [2.05, 4.69) is 26.1 Å². The van der Waals surface area contributed by atoms with Crippen LogP contribution in [-0.2, 0) is 0 Å². The fraction of sp³-hybridized carbons (Fsp3) is 0.100. The number of anilines is 1. The van der Waals surface area contributed by atoms with E-state index < -0.39 is 5.82 Å². The third kappa shape index (κ3) is 1.65. The summed E-state index contributed by atoms with van der Waals surface area (Å²) in [5.74, 6) is 0.0108. The first-order valence-electron chi connectivity index (χ1n) is 4.46. The Balaban J connectivity index is 2.69. The molecule has 1 heterocycles. The normalized spacial score (nSPS) is 10.4. The molecule has 0 aliphatic rings. The van der Waals surface area contributed by atoms with E-state index in [0.29, 0.717) is 21.4 Å². The molecule has 6 heteroatoms. The highest BCUT2D eigenvalue weighted by Crippen LogP contribution is 2.37. The minimum absolute atomic E-state index is 0.166. The first kappa shape index (κ1) is 10.9. The summed E-state index contributed by atoms with van der Waals surface area (Å²) < 4.78 is 19.5. The van der Waals surface area contributed by atoms with Crippen LogP contribution in [0.4, 0.5) is 10.2 Å². The lowest BCUT2D eigenvalue weighted by Crippen LogP contribution is -1.94. The topological polar surface area (TPSA) is 63.9 Å². The zero-order chi connectivity index (χ0) is 11.7. The number of aromatic nitrogens is 2. The second-order valence-corrected chi connectivity index (χ2v) is 3.99. The van der Waals surface area contributed by atoms with Crippen LogP contribution in [0.15, 0.2) is 22.8 Å². The van der Waals surface area contributed by atoms with Gasteiger partial charge in [0, 0.05) is 15.6 Å². The van der Waals surface area contributed by atoms with Gasteiger partial charge in [-0.3, -0.25) is 5.10 Å². The second-order valence-electron chi connectivity index (χ2n) is 3.14. The highest BCUT2D eigenvalue weighted by molar-refractivity contribution is 9.10. The molecule has 16 heavy (non-hydrogen) atoms. The minimum atomic E-state index is -0.468. The summed E-state index contributed by atoms with van der Waals surface area (Å²) >= 11 is 3.27. The number of halogens is 2. The summed E-state index contributed by atoms with van der Waals surface area (Å²) in [6, 6.07) is 3.24. The lowest BCUT2D eigenvalue weighted by Gasteiger charge is -2.08. The molecule has 1 aromatic carbocycles. The maximum Gasteiger partial charge on any atom is 0.174 e. The molecule has 3 N–H and O–H groups in total. The largest absolute Gasteiger partial charge is 0.494 e. The van der Waals surface area contributed by atoms with Crippen LogP contribution in [0.5, 0.6) is 5.75 Å². The van der Waals surface area contributed by atoms with Crippen molar-refractivity contribution in [3.8, 4) is 16.9 Å². The summed E-state index contributed by atoms with van der Waals surface area (Å²) in [7, 11) is 1.41. The fourth-order valence-electron chi connectivity index (χ4n) is 1.43. The van der Waals surface area contributed by atoms with Crippen LogP contribution < -0.4 is 10.5 Å². The highest BCUT2D eigenvalue weighted by atomic mass is 79.9. The number of aromatic amines is 1. The second kappa shape index (κ2) is 4.13. The van der Waals surface area contributed by atoms with Gasteiger partial charge in [0.05, 0.1) is 13.3 Å². The number of methoxy groups -OCH3 is 1. The first-order chi connectivity index (χ1) is 7.65. The number of hydrogen-bond acceptors (Lipinski definition) is 3. The number of H-pyrrole nitrogens is 1. The van der Waals surface area contributed by atoms with Gasteiger partial charge in [-0.05, 0) is 12.1 Å². The van der Waals surface area contributed by atoms with E-state index in [9.17, 15) is 4.39 Å². The Hall–Kier alpha value is -1.56. The Labute approximate surface area is 99.7 Å². The van der Waals surface area contributed by atoms with Gasteiger partial charge in [0.1, 0.15) is 5.82 Å². The molecule has 0 aliphatic carbocycles. The minimum Gasteiger partial charge on any atom is -0.494 e. The van der Waals surface area contributed by atoms with E-state index in [1.807, 2.05) is 0 Å². The van der Waals surface area contributed by atoms with Crippen molar-refractivity contribution in [2.45, 2.75) is 0 Å². The lowest BCUT2D eigenvalue weighted by molar-refractivity contribution is 0.387. The Morgan fingerprint density at radius 2 is 2.25 bits per heavy atom. The number of nitrogens with two attached hydrogens (primary N) is 1. The monoisotopic (exact) mass is 285 g/mol. The molecule has 0 amide bonds. The van der Waals surface area contributed by atoms with Gasteiger partial charge in [0.25, 0.3) is 0 Å². The van der Waals surface area contributed by atoms with Crippen molar-refractivity contribution in [2.24, 2.45) is 0 Å². The zero-order valence-corrected chi connectivity index (χ0v) is 10.0. The van der Waals surface area contributed by atoms with E-state index in [4.69, 9.17) is 10.5 Å². The number of ether oxygens (including phenoxy) is 1. The predicted molar refractivity (Wildman–Crippen MR) is 62.6 cm³/mol. The SMILES string of the molecule is COc1ccc(Br)c(-c2cn[nH]c2N)c1F. The molecule has 0 bridgehead atoms. The number of benzene rings is 1. The van der Waals surface area contributed by atoms with Crippen LogP contribution in [0.1, 0.15) is 0 Å². The maximum atomic E-state index is 14.0. The Morgan fingerprint density at radius 1 is 1.50 bits per heavy atom. The van der Waals surface area contributed by atoms with Crippen LogP contribution >= 0.6 is 15.9 Å². The third-order valence-corrected chi connectivity index (χ3v) is 2.87. The number of nitrogen functional groups attached to an aromatic ring is 1. The van der Waals surface area contributed by atoms with Crippen LogP contribution in [0, 0.1) is 5.82 Å². The highest BCUT2D eigenvalue weighted by Gasteiger charge is 2.17. The van der Waals surface area contributed by atoms with E-state index in [1.165, 1.54) is 13.3 Å². The zero-order valence-electron chi connectivity index (χ0n) is 8.42. The number of hydrogen-bond donors (Lipinski definition) is 2. The van der Waals surface area contributed by atoms with Gasteiger partial charge in [-0.15, -0.1) is 0 Å². The van der Waals surface area contributed by atoms with E-state index >= 15 is 0 Å². The van der Waals surface area contributed by atoms with Crippen molar-refractivity contribution in [3.05, 3.63) is 28.6 Å². The summed E-state index contributed by atoms with van der Waals surface area (Å²) in [6.45, 7) is 0. The smallest absolute Gasteiger partial charge is 0.174 e. The molecular weight excluding hydrogens is 277 g/mol. The maximum absolute atomic E-state index is 14.0. The molecule has 0 fully saturated rings. The standard InChI is InChI=1S/C10H9BrFN3O/c1-16-7-3-2-6(11)8(9(7)12)5-4-14-15-10(5)13/h2-4H,1H3,(H3,13,14,15). The van der Waals surface area contributed by atoms with Crippen molar-refractivity contribution < 1.29 is 9.13 Å². The van der Waals surface area contributed by atoms with E-state index in [0.717, 1.165) is 0 Å². The van der Waals surface area contributed by atoms with Gasteiger partial charge < -0.3 is 10.5 Å². The van der Waals surface area contributed by atoms with Gasteiger partial charge in [-0.1, -0.05) is 15.9 Å². The van der Waals surface area contributed by atoms with Crippen LogP contribution in [0.3, 0.4) is 0 Å². The third-order valence-electron chi connectivity index (χ3n) is 2.21. The summed E-state index contributed by atoms with van der Waals surface area (Å²) in [5, 5.41) is 6.32. The average molecular weight is 286 g/mol. The molecule has 84 valence electrons. The van der Waals surface area contributed by atoms with Crippen molar-refractivity contribution in [3.63, 3.8) is 0 Å². The Morgan fingerprint density at radius 3 is 2.81 bits per heavy atom. The predicted octanol–water partition coefficient (Wildman–Crippen LogP) is 2.57. The van der Waals surface area contributed by atoms with Crippen molar-refractivity contribution >= 4 is 21.7 Å². The Kier molecular flexibility index (Phi) is 2.82. The summed E-state index contributed by atoms with van der Waals surface area (Å²) in [4.78, 5) is 0. The van der Waals surface area contributed by atoms with Crippen LogP contribution in [0.25, 0.3) is 11.1 Å². The lowest BCUT2D eigenvalue weighted by atomic mass is 10.1. The fourth-order valence-corrected chi connectivity index (χ4v) is 1.95. The van der Waals surface area contributed by atoms with Gasteiger partial charge >= 0.3 is 0 Å². The van der Waals surface area contributed by atoms with Gasteiger partial charge in [-0.2, -0.15) is 5.10 Å². The summed E-state index contributed by atoms with van der Waals surface area (Å²) in [5.41, 5.74) is 6.50. The number of nitrogens with zero attached hydrogens (tertiary/aromatic N) is 1.